The summed E-state index contributed by atoms with van der Waals surface area (Å²) in [6.07, 6.45) is 3.33. The SMILES string of the molecule is C=CN(C(=C)NC)c1cccc(C#C[C@@](C)(O)c2nccs2)c1. The highest BCUT2D eigenvalue weighted by Gasteiger charge is 2.22. The van der Waals surface area contributed by atoms with Gasteiger partial charge in [-0.1, -0.05) is 31.1 Å². The van der Waals surface area contributed by atoms with Gasteiger partial charge in [-0.2, -0.15) is 0 Å². The van der Waals surface area contributed by atoms with Gasteiger partial charge in [-0.25, -0.2) is 4.98 Å². The van der Waals surface area contributed by atoms with Crippen LogP contribution in [0.2, 0.25) is 0 Å². The normalized spacial score (nSPS) is 12.5. The number of hydrogen-bond donors (Lipinski definition) is 2. The van der Waals surface area contributed by atoms with Crippen molar-refractivity contribution in [2.75, 3.05) is 11.9 Å². The van der Waals surface area contributed by atoms with Crippen LogP contribution in [-0.2, 0) is 5.60 Å². The van der Waals surface area contributed by atoms with Crippen LogP contribution < -0.4 is 10.2 Å². The lowest BCUT2D eigenvalue weighted by Crippen LogP contribution is -2.23. The third-order valence-electron chi connectivity index (χ3n) is 3.19. The van der Waals surface area contributed by atoms with Crippen molar-refractivity contribution in [2.24, 2.45) is 0 Å². The maximum Gasteiger partial charge on any atom is 0.174 e. The minimum atomic E-state index is -1.27. The van der Waals surface area contributed by atoms with Crippen LogP contribution in [0, 0.1) is 11.8 Å². The van der Waals surface area contributed by atoms with Crippen LogP contribution in [0.4, 0.5) is 5.69 Å². The quantitative estimate of drug-likeness (QED) is 0.830. The number of nitrogens with zero attached hydrogens (tertiary/aromatic N) is 2. The Labute approximate surface area is 140 Å². The van der Waals surface area contributed by atoms with Crippen LogP contribution in [0.1, 0.15) is 17.5 Å². The Morgan fingerprint density at radius 2 is 2.30 bits per heavy atom. The number of thiazole rings is 1. The van der Waals surface area contributed by atoms with Gasteiger partial charge >= 0.3 is 0 Å². The zero-order valence-electron chi connectivity index (χ0n) is 13.2. The van der Waals surface area contributed by atoms with Crippen molar-refractivity contribution in [3.63, 3.8) is 0 Å². The molecule has 0 spiro atoms. The van der Waals surface area contributed by atoms with E-state index in [0.717, 1.165) is 11.3 Å². The molecule has 0 amide bonds. The summed E-state index contributed by atoms with van der Waals surface area (Å²) in [6.45, 7) is 9.37. The first-order valence-corrected chi connectivity index (χ1v) is 7.90. The molecule has 1 aromatic carbocycles. The molecule has 1 atom stereocenters. The molecule has 5 heteroatoms. The molecule has 0 aliphatic rings. The molecule has 0 saturated heterocycles. The van der Waals surface area contributed by atoms with E-state index in [-0.39, 0.29) is 0 Å². The molecule has 2 rings (SSSR count). The Morgan fingerprint density at radius 3 is 2.91 bits per heavy atom. The molecule has 4 nitrogen and oxygen atoms in total. The van der Waals surface area contributed by atoms with Crippen LogP contribution in [-0.4, -0.2) is 17.1 Å². The molecule has 23 heavy (non-hydrogen) atoms. The third-order valence-corrected chi connectivity index (χ3v) is 4.17. The van der Waals surface area contributed by atoms with Crippen LogP contribution in [0.25, 0.3) is 0 Å². The number of anilines is 1. The predicted octanol–water partition coefficient (Wildman–Crippen LogP) is 3.04. The van der Waals surface area contributed by atoms with Crippen LogP contribution in [0.15, 0.2) is 61.0 Å². The number of aromatic nitrogens is 1. The lowest BCUT2D eigenvalue weighted by molar-refractivity contribution is 0.122. The Bertz CT molecular complexity index is 754. The van der Waals surface area contributed by atoms with Crippen molar-refractivity contribution in [1.29, 1.82) is 0 Å². The van der Waals surface area contributed by atoms with Gasteiger partial charge in [0.2, 0.25) is 0 Å². The van der Waals surface area contributed by atoms with E-state index in [4.69, 9.17) is 0 Å². The van der Waals surface area contributed by atoms with Crippen molar-refractivity contribution in [2.45, 2.75) is 12.5 Å². The zero-order valence-corrected chi connectivity index (χ0v) is 14.0. The first-order chi connectivity index (χ1) is 11.0. The molecule has 0 aliphatic heterocycles. The van der Waals surface area contributed by atoms with Gasteiger partial charge < -0.3 is 15.3 Å². The van der Waals surface area contributed by atoms with E-state index in [1.165, 1.54) is 11.3 Å². The summed E-state index contributed by atoms with van der Waals surface area (Å²) in [5, 5.41) is 15.8. The highest BCUT2D eigenvalue weighted by atomic mass is 32.1. The number of rotatable bonds is 5. The van der Waals surface area contributed by atoms with E-state index in [0.29, 0.717) is 10.8 Å². The topological polar surface area (TPSA) is 48.4 Å². The fourth-order valence-corrected chi connectivity index (χ4v) is 2.59. The molecule has 0 unspecified atom stereocenters. The second-order valence-corrected chi connectivity index (χ2v) is 5.85. The van der Waals surface area contributed by atoms with Gasteiger partial charge in [-0.15, -0.1) is 11.3 Å². The second kappa shape index (κ2) is 7.14. The van der Waals surface area contributed by atoms with E-state index < -0.39 is 5.60 Å². The van der Waals surface area contributed by atoms with E-state index in [1.807, 2.05) is 34.5 Å². The Hall–Kier alpha value is -2.55. The van der Waals surface area contributed by atoms with Crippen molar-refractivity contribution in [3.8, 4) is 11.8 Å². The van der Waals surface area contributed by atoms with Gasteiger partial charge in [0.25, 0.3) is 0 Å². The van der Waals surface area contributed by atoms with E-state index in [9.17, 15) is 5.11 Å². The van der Waals surface area contributed by atoms with Gasteiger partial charge in [-0.3, -0.25) is 0 Å². The van der Waals surface area contributed by atoms with Crippen molar-refractivity contribution >= 4 is 17.0 Å². The molecular formula is C18H19N3OS. The van der Waals surface area contributed by atoms with Crippen LogP contribution in [0.5, 0.6) is 0 Å². The monoisotopic (exact) mass is 325 g/mol. The summed E-state index contributed by atoms with van der Waals surface area (Å²) in [5.74, 6) is 6.59. The number of hydrogen-bond acceptors (Lipinski definition) is 5. The molecule has 0 fully saturated rings. The fourth-order valence-electron chi connectivity index (χ4n) is 1.94. The maximum atomic E-state index is 10.4. The summed E-state index contributed by atoms with van der Waals surface area (Å²) >= 11 is 1.38. The first kappa shape index (κ1) is 16.8. The number of nitrogens with one attached hydrogen (secondary N) is 1. The van der Waals surface area contributed by atoms with Crippen LogP contribution >= 0.6 is 11.3 Å². The molecule has 0 saturated carbocycles. The average Bonchev–Trinajstić information content (AvgIpc) is 3.09. The molecule has 2 aromatic rings. The summed E-state index contributed by atoms with van der Waals surface area (Å²) in [5.41, 5.74) is 0.409. The minimum absolute atomic E-state index is 0.581. The average molecular weight is 325 g/mol. The van der Waals surface area contributed by atoms with E-state index in [1.54, 1.807) is 26.4 Å². The molecule has 2 N–H and O–H groups in total. The molecule has 118 valence electrons. The van der Waals surface area contributed by atoms with Crippen molar-refractivity contribution in [1.82, 2.24) is 10.3 Å². The lowest BCUT2D eigenvalue weighted by atomic mass is 10.1. The smallest absolute Gasteiger partial charge is 0.174 e. The van der Waals surface area contributed by atoms with Crippen molar-refractivity contribution < 1.29 is 5.11 Å². The van der Waals surface area contributed by atoms with Crippen LogP contribution in [0.3, 0.4) is 0 Å². The molecule has 0 radical (unpaired) electrons. The highest BCUT2D eigenvalue weighted by molar-refractivity contribution is 7.09. The number of aliphatic hydroxyl groups is 1. The van der Waals surface area contributed by atoms with Gasteiger partial charge in [0, 0.05) is 36.1 Å². The van der Waals surface area contributed by atoms with Crippen molar-refractivity contribution in [3.05, 3.63) is 71.6 Å². The maximum absolute atomic E-state index is 10.4. The fraction of sp³-hybridized carbons (Fsp3) is 0.167. The van der Waals surface area contributed by atoms with E-state index >= 15 is 0 Å². The third kappa shape index (κ3) is 4.01. The second-order valence-electron chi connectivity index (χ2n) is 4.96. The molecule has 0 bridgehead atoms. The Balaban J connectivity index is 2.30. The predicted molar refractivity (Wildman–Crippen MR) is 95.9 cm³/mol. The summed E-state index contributed by atoms with van der Waals surface area (Å²) in [4.78, 5) is 5.94. The lowest BCUT2D eigenvalue weighted by Gasteiger charge is -2.22. The minimum Gasteiger partial charge on any atom is -0.375 e. The zero-order chi connectivity index (χ0) is 16.9. The van der Waals surface area contributed by atoms with Gasteiger partial charge in [0.15, 0.2) is 5.60 Å². The van der Waals surface area contributed by atoms with Gasteiger partial charge in [0.1, 0.15) is 10.8 Å². The van der Waals surface area contributed by atoms with E-state index in [2.05, 4.69) is 35.3 Å². The molecule has 1 heterocycles. The molecule has 0 aliphatic carbocycles. The van der Waals surface area contributed by atoms with Gasteiger partial charge in [-0.05, 0) is 25.1 Å². The molecule has 1 aromatic heterocycles. The standard InChI is InChI=1S/C18H19N3OS/c1-5-21(14(2)19-4)16-8-6-7-15(13-16)9-10-18(3,22)17-20-11-12-23-17/h5-8,11-13,19,22H,1-2H2,3-4H3/t18-/m1/s1. The number of benzene rings is 1. The Kier molecular flexibility index (Phi) is 5.22. The summed E-state index contributed by atoms with van der Waals surface area (Å²) in [7, 11) is 1.80. The summed E-state index contributed by atoms with van der Waals surface area (Å²) < 4.78 is 0. The largest absolute Gasteiger partial charge is 0.375 e. The summed E-state index contributed by atoms with van der Waals surface area (Å²) in [6, 6.07) is 7.64. The molecular weight excluding hydrogens is 306 g/mol. The first-order valence-electron chi connectivity index (χ1n) is 7.02. The highest BCUT2D eigenvalue weighted by Crippen LogP contribution is 2.22. The Morgan fingerprint density at radius 1 is 1.52 bits per heavy atom. The van der Waals surface area contributed by atoms with Gasteiger partial charge in [0.05, 0.1) is 0 Å².